The molecule has 0 unspecified atom stereocenters. The minimum atomic E-state index is -0.00376. The van der Waals surface area contributed by atoms with Crippen molar-refractivity contribution in [2.75, 3.05) is 45.3 Å². The van der Waals surface area contributed by atoms with Crippen LogP contribution in [0.3, 0.4) is 0 Å². The second kappa shape index (κ2) is 11.6. The molecule has 0 spiro atoms. The SMILES string of the molecule is COc1ccc(-n2cc(-c3ccccc3)c3c(N4CCN(C(=O)/C=C/c5cccc(OC)c5)CC4)ncnc32)cc1. The van der Waals surface area contributed by atoms with E-state index in [0.29, 0.717) is 26.2 Å². The van der Waals surface area contributed by atoms with Crippen LogP contribution in [0.1, 0.15) is 5.56 Å². The van der Waals surface area contributed by atoms with Crippen LogP contribution in [-0.2, 0) is 4.79 Å². The zero-order chi connectivity index (χ0) is 28.2. The van der Waals surface area contributed by atoms with Gasteiger partial charge in [0.25, 0.3) is 0 Å². The molecule has 8 nitrogen and oxygen atoms in total. The number of amides is 1. The van der Waals surface area contributed by atoms with Crippen LogP contribution in [0, 0.1) is 0 Å². The van der Waals surface area contributed by atoms with E-state index in [1.807, 2.05) is 77.7 Å². The maximum atomic E-state index is 13.0. The Morgan fingerprint density at radius 2 is 1.59 bits per heavy atom. The number of nitrogens with zero attached hydrogens (tertiary/aromatic N) is 5. The molecule has 41 heavy (non-hydrogen) atoms. The average molecular weight is 546 g/mol. The molecule has 1 saturated heterocycles. The number of fused-ring (bicyclic) bond motifs is 1. The van der Waals surface area contributed by atoms with Crippen molar-refractivity contribution >= 4 is 28.8 Å². The average Bonchev–Trinajstić information content (AvgIpc) is 3.44. The summed E-state index contributed by atoms with van der Waals surface area (Å²) in [5, 5.41) is 0.993. The minimum Gasteiger partial charge on any atom is -0.497 e. The first kappa shape index (κ1) is 26.1. The second-order valence-electron chi connectivity index (χ2n) is 9.79. The van der Waals surface area contributed by atoms with E-state index >= 15 is 0 Å². The number of hydrogen-bond donors (Lipinski definition) is 0. The van der Waals surface area contributed by atoms with Gasteiger partial charge in [0, 0.05) is 49.7 Å². The van der Waals surface area contributed by atoms with Crippen LogP contribution >= 0.6 is 0 Å². The standard InChI is InChI=1S/C33H31N5O3/c1-40-27-14-12-26(13-15-27)38-22-29(25-8-4-3-5-9-25)31-32(34-23-35-33(31)38)37-19-17-36(18-20-37)30(39)16-11-24-7-6-10-28(21-24)41-2/h3-16,21-23H,17-20H2,1-2H3/b16-11+. The number of anilines is 1. The first-order valence-corrected chi connectivity index (χ1v) is 13.6. The van der Waals surface area contributed by atoms with Gasteiger partial charge in [-0.05, 0) is 53.6 Å². The van der Waals surface area contributed by atoms with Crippen molar-refractivity contribution in [2.45, 2.75) is 0 Å². The number of rotatable bonds is 7. The largest absolute Gasteiger partial charge is 0.497 e. The summed E-state index contributed by atoms with van der Waals surface area (Å²) >= 11 is 0. The second-order valence-corrected chi connectivity index (χ2v) is 9.79. The van der Waals surface area contributed by atoms with Gasteiger partial charge in [0.1, 0.15) is 23.6 Å². The van der Waals surface area contributed by atoms with E-state index in [1.165, 1.54) is 0 Å². The van der Waals surface area contributed by atoms with Gasteiger partial charge >= 0.3 is 0 Å². The molecule has 0 aliphatic carbocycles. The number of carbonyl (C=O) groups excluding carboxylic acids is 1. The number of aromatic nitrogens is 3. The molecule has 206 valence electrons. The fourth-order valence-corrected chi connectivity index (χ4v) is 5.22. The highest BCUT2D eigenvalue weighted by Gasteiger charge is 2.25. The van der Waals surface area contributed by atoms with E-state index < -0.39 is 0 Å². The highest BCUT2D eigenvalue weighted by molar-refractivity contribution is 6.02. The smallest absolute Gasteiger partial charge is 0.246 e. The Balaban J connectivity index is 1.28. The molecule has 0 atom stereocenters. The first-order valence-electron chi connectivity index (χ1n) is 13.6. The summed E-state index contributed by atoms with van der Waals surface area (Å²) in [5.41, 5.74) is 4.90. The quantitative estimate of drug-likeness (QED) is 0.253. The number of methoxy groups -OCH3 is 2. The Hall–Kier alpha value is -5.11. The van der Waals surface area contributed by atoms with Crippen LogP contribution in [0.2, 0.25) is 0 Å². The van der Waals surface area contributed by atoms with Crippen molar-refractivity contribution in [1.82, 2.24) is 19.4 Å². The van der Waals surface area contributed by atoms with Crippen molar-refractivity contribution < 1.29 is 14.3 Å². The van der Waals surface area contributed by atoms with Gasteiger partial charge in [-0.3, -0.25) is 4.79 Å². The summed E-state index contributed by atoms with van der Waals surface area (Å²) in [6, 6.07) is 25.9. The lowest BCUT2D eigenvalue weighted by atomic mass is 10.1. The molecule has 8 heteroatoms. The third kappa shape index (κ3) is 5.36. The zero-order valence-electron chi connectivity index (χ0n) is 23.1. The van der Waals surface area contributed by atoms with Gasteiger partial charge < -0.3 is 23.8 Å². The van der Waals surface area contributed by atoms with Crippen LogP contribution < -0.4 is 14.4 Å². The van der Waals surface area contributed by atoms with Gasteiger partial charge in [-0.25, -0.2) is 9.97 Å². The zero-order valence-corrected chi connectivity index (χ0v) is 23.1. The molecule has 1 aliphatic rings. The van der Waals surface area contributed by atoms with Gasteiger partial charge in [0.15, 0.2) is 5.65 Å². The lowest BCUT2D eigenvalue weighted by Crippen LogP contribution is -2.48. The Labute approximate surface area is 239 Å². The van der Waals surface area contributed by atoms with Crippen LogP contribution in [0.25, 0.3) is 33.9 Å². The number of piperazine rings is 1. The predicted molar refractivity (Wildman–Crippen MR) is 162 cm³/mol. The minimum absolute atomic E-state index is 0.00376. The highest BCUT2D eigenvalue weighted by Crippen LogP contribution is 2.37. The molecule has 0 radical (unpaired) electrons. The monoisotopic (exact) mass is 545 g/mol. The molecule has 1 fully saturated rings. The van der Waals surface area contributed by atoms with E-state index in [9.17, 15) is 4.79 Å². The molecule has 5 aromatic rings. The van der Waals surface area contributed by atoms with Gasteiger partial charge in [-0.2, -0.15) is 0 Å². The van der Waals surface area contributed by atoms with E-state index in [2.05, 4.69) is 27.8 Å². The molecule has 3 heterocycles. The Morgan fingerprint density at radius 1 is 0.829 bits per heavy atom. The third-order valence-corrected chi connectivity index (χ3v) is 7.40. The van der Waals surface area contributed by atoms with E-state index in [0.717, 1.165) is 50.7 Å². The predicted octanol–water partition coefficient (Wildman–Crippen LogP) is 5.47. The Kier molecular flexibility index (Phi) is 7.36. The normalized spacial score (nSPS) is 13.6. The first-order chi connectivity index (χ1) is 20.1. The maximum Gasteiger partial charge on any atom is 0.246 e. The molecule has 0 N–H and O–H groups in total. The molecule has 1 aliphatic heterocycles. The summed E-state index contributed by atoms with van der Waals surface area (Å²) in [6.07, 6.45) is 7.22. The van der Waals surface area contributed by atoms with E-state index in [-0.39, 0.29) is 5.91 Å². The van der Waals surface area contributed by atoms with Gasteiger partial charge in [-0.1, -0.05) is 42.5 Å². The van der Waals surface area contributed by atoms with Crippen molar-refractivity contribution in [3.05, 3.63) is 103 Å². The van der Waals surface area contributed by atoms with Gasteiger partial charge in [-0.15, -0.1) is 0 Å². The van der Waals surface area contributed by atoms with Crippen molar-refractivity contribution in [2.24, 2.45) is 0 Å². The van der Waals surface area contributed by atoms with Crippen molar-refractivity contribution in [3.63, 3.8) is 0 Å². The van der Waals surface area contributed by atoms with Crippen molar-refractivity contribution in [1.29, 1.82) is 0 Å². The maximum absolute atomic E-state index is 13.0. The number of carbonyl (C=O) groups is 1. The van der Waals surface area contributed by atoms with Crippen LogP contribution in [-0.4, -0.2) is 65.7 Å². The Morgan fingerprint density at radius 3 is 2.32 bits per heavy atom. The Bertz CT molecular complexity index is 1690. The topological polar surface area (TPSA) is 72.7 Å². The van der Waals surface area contributed by atoms with Crippen molar-refractivity contribution in [3.8, 4) is 28.3 Å². The summed E-state index contributed by atoms with van der Waals surface area (Å²) < 4.78 is 12.7. The van der Waals surface area contributed by atoms with Crippen LogP contribution in [0.15, 0.2) is 97.5 Å². The highest BCUT2D eigenvalue weighted by atomic mass is 16.5. The van der Waals surface area contributed by atoms with Gasteiger partial charge in [0.05, 0.1) is 19.6 Å². The number of ether oxygens (including phenoxy) is 2. The van der Waals surface area contributed by atoms with E-state index in [1.54, 1.807) is 26.6 Å². The van der Waals surface area contributed by atoms with Crippen LogP contribution in [0.5, 0.6) is 11.5 Å². The molecular formula is C33H31N5O3. The van der Waals surface area contributed by atoms with Gasteiger partial charge in [0.2, 0.25) is 5.91 Å². The number of benzene rings is 3. The third-order valence-electron chi connectivity index (χ3n) is 7.40. The molecular weight excluding hydrogens is 514 g/mol. The number of hydrogen-bond acceptors (Lipinski definition) is 6. The molecule has 2 aromatic heterocycles. The van der Waals surface area contributed by atoms with E-state index in [4.69, 9.17) is 19.4 Å². The molecule has 0 bridgehead atoms. The summed E-state index contributed by atoms with van der Waals surface area (Å²) in [5.74, 6) is 2.44. The summed E-state index contributed by atoms with van der Waals surface area (Å²) in [6.45, 7) is 2.55. The molecule has 1 amide bonds. The molecule has 6 rings (SSSR count). The summed E-state index contributed by atoms with van der Waals surface area (Å²) in [7, 11) is 3.30. The molecule has 3 aromatic carbocycles. The van der Waals surface area contributed by atoms with Crippen LogP contribution in [0.4, 0.5) is 5.82 Å². The lowest BCUT2D eigenvalue weighted by Gasteiger charge is -2.35. The summed E-state index contributed by atoms with van der Waals surface area (Å²) in [4.78, 5) is 26.6. The molecule has 0 saturated carbocycles. The fraction of sp³-hybridized carbons (Fsp3) is 0.182. The fourth-order valence-electron chi connectivity index (χ4n) is 5.22. The lowest BCUT2D eigenvalue weighted by molar-refractivity contribution is -0.126.